The summed E-state index contributed by atoms with van der Waals surface area (Å²) in [5, 5.41) is 0.0868. The van der Waals surface area contributed by atoms with Crippen molar-refractivity contribution in [3.8, 4) is 0 Å². The highest BCUT2D eigenvalue weighted by molar-refractivity contribution is 6.30. The van der Waals surface area contributed by atoms with Crippen molar-refractivity contribution in [3.05, 3.63) is 34.6 Å². The number of carbonyl (C=O) groups excluding carboxylic acids is 1. The average molecular weight is 299 g/mol. The van der Waals surface area contributed by atoms with Gasteiger partial charge in [0.2, 0.25) is 5.91 Å². The van der Waals surface area contributed by atoms with Crippen LogP contribution >= 0.6 is 11.6 Å². The number of hydrogen-bond donors (Lipinski definition) is 1. The molecule has 0 bridgehead atoms. The quantitative estimate of drug-likeness (QED) is 0.929. The zero-order valence-electron chi connectivity index (χ0n) is 11.4. The maximum absolute atomic E-state index is 13.1. The second-order valence-corrected chi connectivity index (χ2v) is 5.68. The van der Waals surface area contributed by atoms with Gasteiger partial charge in [0.25, 0.3) is 0 Å². The summed E-state index contributed by atoms with van der Waals surface area (Å²) in [5.41, 5.74) is 6.59. The Kier molecular flexibility index (Phi) is 5.38. The lowest BCUT2D eigenvalue weighted by atomic mass is 9.97. The van der Waals surface area contributed by atoms with Crippen LogP contribution in [0.2, 0.25) is 5.02 Å². The molecule has 1 saturated heterocycles. The van der Waals surface area contributed by atoms with Gasteiger partial charge in [0.1, 0.15) is 5.82 Å². The third-order valence-electron chi connectivity index (χ3n) is 3.77. The second-order valence-electron chi connectivity index (χ2n) is 5.27. The lowest BCUT2D eigenvalue weighted by Gasteiger charge is -2.30. The number of halogens is 2. The largest absolute Gasteiger partial charge is 0.342 e. The second kappa shape index (κ2) is 7.04. The average Bonchev–Trinajstić information content (AvgIpc) is 2.48. The molecule has 2 N–H and O–H groups in total. The molecule has 1 amide bonds. The van der Waals surface area contributed by atoms with Crippen LogP contribution in [0.25, 0.3) is 0 Å². The first-order valence-electron chi connectivity index (χ1n) is 7.04. The van der Waals surface area contributed by atoms with Crippen molar-refractivity contribution < 1.29 is 9.18 Å². The molecular weight excluding hydrogens is 279 g/mol. The summed E-state index contributed by atoms with van der Waals surface area (Å²) >= 11 is 5.77. The third kappa shape index (κ3) is 3.70. The Labute approximate surface area is 123 Å². The summed E-state index contributed by atoms with van der Waals surface area (Å²) in [4.78, 5) is 14.3. The molecule has 1 atom stereocenters. The Hall–Kier alpha value is -1.13. The van der Waals surface area contributed by atoms with Gasteiger partial charge in [-0.25, -0.2) is 4.39 Å². The molecule has 20 heavy (non-hydrogen) atoms. The lowest BCUT2D eigenvalue weighted by Crippen LogP contribution is -2.42. The fraction of sp³-hybridized carbons (Fsp3) is 0.533. The number of hydrogen-bond acceptors (Lipinski definition) is 2. The molecule has 0 aliphatic carbocycles. The molecule has 1 heterocycles. The van der Waals surface area contributed by atoms with Crippen molar-refractivity contribution in [2.75, 3.05) is 19.6 Å². The van der Waals surface area contributed by atoms with Gasteiger partial charge in [-0.05, 0) is 43.4 Å². The van der Waals surface area contributed by atoms with Crippen molar-refractivity contribution in [2.24, 2.45) is 11.7 Å². The molecule has 1 fully saturated rings. The van der Waals surface area contributed by atoms with Gasteiger partial charge in [0.05, 0.1) is 10.9 Å². The van der Waals surface area contributed by atoms with Crippen molar-refractivity contribution >= 4 is 17.5 Å². The first-order valence-corrected chi connectivity index (χ1v) is 7.42. The number of nitrogens with two attached hydrogens (primary N) is 1. The summed E-state index contributed by atoms with van der Waals surface area (Å²) in [6.45, 7) is 1.93. The van der Waals surface area contributed by atoms with Crippen LogP contribution in [-0.2, 0) is 11.2 Å². The van der Waals surface area contributed by atoms with E-state index >= 15 is 0 Å². The van der Waals surface area contributed by atoms with Crippen molar-refractivity contribution in [3.63, 3.8) is 0 Å². The van der Waals surface area contributed by atoms with Gasteiger partial charge in [-0.15, -0.1) is 0 Å². The van der Waals surface area contributed by atoms with E-state index in [-0.39, 0.29) is 16.8 Å². The van der Waals surface area contributed by atoms with Crippen molar-refractivity contribution in [1.29, 1.82) is 0 Å². The van der Waals surface area contributed by atoms with Gasteiger partial charge in [-0.2, -0.15) is 0 Å². The molecule has 110 valence electrons. The number of carbonyl (C=O) groups is 1. The van der Waals surface area contributed by atoms with Crippen molar-refractivity contribution in [2.45, 2.75) is 25.7 Å². The molecule has 2 rings (SSSR count). The lowest BCUT2D eigenvalue weighted by molar-refractivity contribution is -0.136. The van der Waals surface area contributed by atoms with Crippen LogP contribution in [0.3, 0.4) is 0 Å². The molecule has 0 spiro atoms. The summed E-state index contributed by atoms with van der Waals surface area (Å²) in [6.07, 6.45) is 3.81. The zero-order chi connectivity index (χ0) is 14.5. The SMILES string of the molecule is NCC(Cc1ccc(F)c(Cl)c1)C(=O)N1CCCCC1. The smallest absolute Gasteiger partial charge is 0.227 e. The number of amides is 1. The molecular formula is C15H20ClFN2O. The standard InChI is InChI=1S/C15H20ClFN2O/c16-13-9-11(4-5-14(13)17)8-12(10-18)15(20)19-6-2-1-3-7-19/h4-5,9,12H,1-3,6-8,10,18H2. The fourth-order valence-electron chi connectivity index (χ4n) is 2.60. The van der Waals surface area contributed by atoms with E-state index in [4.69, 9.17) is 17.3 Å². The van der Waals surface area contributed by atoms with Crippen LogP contribution in [0, 0.1) is 11.7 Å². The molecule has 5 heteroatoms. The fourth-order valence-corrected chi connectivity index (χ4v) is 2.80. The topological polar surface area (TPSA) is 46.3 Å². The number of rotatable bonds is 4. The van der Waals surface area contributed by atoms with Gasteiger partial charge in [-0.1, -0.05) is 17.7 Å². The van der Waals surface area contributed by atoms with E-state index in [0.29, 0.717) is 13.0 Å². The maximum atomic E-state index is 13.1. The van der Waals surface area contributed by atoms with Gasteiger partial charge < -0.3 is 10.6 Å². The monoisotopic (exact) mass is 298 g/mol. The molecule has 1 unspecified atom stereocenters. The van der Waals surface area contributed by atoms with Gasteiger partial charge in [-0.3, -0.25) is 4.79 Å². The van der Waals surface area contributed by atoms with E-state index in [1.807, 2.05) is 4.90 Å². The van der Waals surface area contributed by atoms with Crippen molar-refractivity contribution in [1.82, 2.24) is 4.90 Å². The normalized spacial score (nSPS) is 17.1. The Bertz CT molecular complexity index is 475. The van der Waals surface area contributed by atoms with Crippen LogP contribution < -0.4 is 5.73 Å². The van der Waals surface area contributed by atoms with Gasteiger partial charge >= 0.3 is 0 Å². The predicted molar refractivity (Wildman–Crippen MR) is 78.1 cm³/mol. The van der Waals surface area contributed by atoms with E-state index in [0.717, 1.165) is 31.5 Å². The Morgan fingerprint density at radius 3 is 2.65 bits per heavy atom. The zero-order valence-corrected chi connectivity index (χ0v) is 12.2. The molecule has 1 aliphatic heterocycles. The predicted octanol–water partition coefficient (Wildman–Crippen LogP) is 2.61. The Morgan fingerprint density at radius 2 is 2.05 bits per heavy atom. The van der Waals surface area contributed by atoms with Crippen LogP contribution in [0.15, 0.2) is 18.2 Å². The van der Waals surface area contributed by atoms with Crippen LogP contribution in [0.1, 0.15) is 24.8 Å². The van der Waals surface area contributed by atoms with Crippen LogP contribution in [0.4, 0.5) is 4.39 Å². The van der Waals surface area contributed by atoms with Crippen LogP contribution in [0.5, 0.6) is 0 Å². The minimum atomic E-state index is -0.443. The first kappa shape index (κ1) is 15.3. The molecule has 1 aromatic rings. The number of likely N-dealkylation sites (tertiary alicyclic amines) is 1. The summed E-state index contributed by atoms with van der Waals surface area (Å²) in [5.74, 6) is -0.593. The summed E-state index contributed by atoms with van der Waals surface area (Å²) in [6, 6.07) is 4.56. The molecule has 0 radical (unpaired) electrons. The minimum absolute atomic E-state index is 0.0868. The van der Waals surface area contributed by atoms with E-state index in [1.54, 1.807) is 12.1 Å². The van der Waals surface area contributed by atoms with E-state index in [2.05, 4.69) is 0 Å². The number of piperidine rings is 1. The highest BCUT2D eigenvalue weighted by atomic mass is 35.5. The van der Waals surface area contributed by atoms with Gasteiger partial charge in [0, 0.05) is 19.6 Å². The van der Waals surface area contributed by atoms with E-state index in [9.17, 15) is 9.18 Å². The molecule has 0 aromatic heterocycles. The minimum Gasteiger partial charge on any atom is -0.342 e. The van der Waals surface area contributed by atoms with E-state index < -0.39 is 5.82 Å². The first-order chi connectivity index (χ1) is 9.61. The Morgan fingerprint density at radius 1 is 1.35 bits per heavy atom. The summed E-state index contributed by atoms with van der Waals surface area (Å²) in [7, 11) is 0. The highest BCUT2D eigenvalue weighted by Crippen LogP contribution is 2.20. The maximum Gasteiger partial charge on any atom is 0.227 e. The Balaban J connectivity index is 2.03. The van der Waals surface area contributed by atoms with Gasteiger partial charge in [0.15, 0.2) is 0 Å². The number of nitrogens with zero attached hydrogens (tertiary/aromatic N) is 1. The van der Waals surface area contributed by atoms with Crippen LogP contribution in [-0.4, -0.2) is 30.4 Å². The summed E-state index contributed by atoms with van der Waals surface area (Å²) < 4.78 is 13.1. The molecule has 1 aromatic carbocycles. The number of benzene rings is 1. The molecule has 3 nitrogen and oxygen atoms in total. The highest BCUT2D eigenvalue weighted by Gasteiger charge is 2.24. The molecule has 1 aliphatic rings. The third-order valence-corrected chi connectivity index (χ3v) is 4.06. The molecule has 0 saturated carbocycles. The van der Waals surface area contributed by atoms with E-state index in [1.165, 1.54) is 12.5 Å².